The van der Waals surface area contributed by atoms with E-state index < -0.39 is 21.7 Å². The number of hydrogen-bond acceptors (Lipinski definition) is 5. The number of carbonyl (C=O) groups is 1. The Labute approximate surface area is 175 Å². The molecule has 2 N–H and O–H groups in total. The number of aromatic hydroxyl groups is 1. The first-order chi connectivity index (χ1) is 13.8. The van der Waals surface area contributed by atoms with Crippen LogP contribution in [0.1, 0.15) is 22.5 Å². The number of rotatable bonds is 4. The summed E-state index contributed by atoms with van der Waals surface area (Å²) in [6.45, 7) is 0.887. The van der Waals surface area contributed by atoms with Crippen LogP contribution < -0.4 is 5.32 Å². The minimum absolute atomic E-state index is 0.0167. The predicted molar refractivity (Wildman–Crippen MR) is 111 cm³/mol. The molecule has 10 heteroatoms. The van der Waals surface area contributed by atoms with Crippen molar-refractivity contribution in [1.29, 1.82) is 0 Å². The van der Waals surface area contributed by atoms with Gasteiger partial charge < -0.3 is 10.4 Å². The number of benzene rings is 2. The molecule has 1 aromatic heterocycles. The van der Waals surface area contributed by atoms with E-state index in [1.807, 2.05) is 0 Å². The number of phenols is 1. The van der Waals surface area contributed by atoms with Crippen molar-refractivity contribution in [1.82, 2.24) is 4.31 Å². The monoisotopic (exact) mass is 454 g/mol. The maximum absolute atomic E-state index is 13.4. The lowest BCUT2D eigenvalue weighted by Crippen LogP contribution is -2.27. The van der Waals surface area contributed by atoms with Gasteiger partial charge in [0, 0.05) is 23.2 Å². The largest absolute Gasteiger partial charge is 0.506 e. The van der Waals surface area contributed by atoms with E-state index in [1.165, 1.54) is 40.7 Å². The predicted octanol–water partition coefficient (Wildman–Crippen LogP) is 4.44. The third kappa shape index (κ3) is 3.71. The van der Waals surface area contributed by atoms with Crippen LogP contribution in [0.25, 0.3) is 10.1 Å². The summed E-state index contributed by atoms with van der Waals surface area (Å²) in [6, 6.07) is 7.77. The molecule has 29 heavy (non-hydrogen) atoms. The number of thiophene rings is 1. The lowest BCUT2D eigenvalue weighted by molar-refractivity contribution is 0.103. The molecule has 152 valence electrons. The van der Waals surface area contributed by atoms with Crippen molar-refractivity contribution in [3.63, 3.8) is 0 Å². The van der Waals surface area contributed by atoms with Crippen LogP contribution in [-0.4, -0.2) is 36.8 Å². The highest BCUT2D eigenvalue weighted by atomic mass is 35.5. The second-order valence-electron chi connectivity index (χ2n) is 6.63. The van der Waals surface area contributed by atoms with Gasteiger partial charge in [0.15, 0.2) is 0 Å². The second-order valence-corrected chi connectivity index (χ2v) is 10.00. The minimum atomic E-state index is -3.71. The van der Waals surface area contributed by atoms with Gasteiger partial charge in [0.05, 0.1) is 15.6 Å². The number of nitrogens with one attached hydrogen (secondary N) is 1. The van der Waals surface area contributed by atoms with Gasteiger partial charge in [0.1, 0.15) is 16.4 Å². The number of phenolic OH excluding ortho intramolecular Hbond substituents is 1. The Kier molecular flexibility index (Phi) is 5.24. The van der Waals surface area contributed by atoms with Crippen LogP contribution >= 0.6 is 22.9 Å². The SMILES string of the molecule is O=C(Nc1cc(S(=O)(=O)N2CCCC2)ccc1O)c1sc2cc(F)ccc2c1Cl. The van der Waals surface area contributed by atoms with Gasteiger partial charge in [0.2, 0.25) is 10.0 Å². The molecule has 1 fully saturated rings. The first-order valence-corrected chi connectivity index (χ1v) is 11.4. The van der Waals surface area contributed by atoms with Crippen LogP contribution in [0.4, 0.5) is 10.1 Å². The normalized spacial score (nSPS) is 15.1. The van der Waals surface area contributed by atoms with E-state index >= 15 is 0 Å². The first kappa shape index (κ1) is 20.1. The summed E-state index contributed by atoms with van der Waals surface area (Å²) in [5.41, 5.74) is -0.0463. The van der Waals surface area contributed by atoms with Crippen LogP contribution in [0.5, 0.6) is 5.75 Å². The molecule has 0 saturated carbocycles. The number of fused-ring (bicyclic) bond motifs is 1. The third-order valence-electron chi connectivity index (χ3n) is 4.72. The molecular formula is C19H16ClFN2O4S2. The fraction of sp³-hybridized carbons (Fsp3) is 0.211. The molecule has 4 rings (SSSR count). The van der Waals surface area contributed by atoms with E-state index in [9.17, 15) is 22.7 Å². The summed E-state index contributed by atoms with van der Waals surface area (Å²) in [6.07, 6.45) is 1.60. The highest BCUT2D eigenvalue weighted by molar-refractivity contribution is 7.89. The fourth-order valence-corrected chi connectivity index (χ4v) is 6.20. The van der Waals surface area contributed by atoms with Crippen molar-refractivity contribution >= 4 is 54.6 Å². The van der Waals surface area contributed by atoms with Gasteiger partial charge in [-0.1, -0.05) is 11.6 Å². The smallest absolute Gasteiger partial charge is 0.267 e. The molecule has 1 amide bonds. The molecule has 2 aromatic carbocycles. The number of anilines is 1. The number of amides is 1. The zero-order valence-electron chi connectivity index (χ0n) is 15.0. The van der Waals surface area contributed by atoms with Crippen molar-refractivity contribution < 1.29 is 22.7 Å². The average Bonchev–Trinajstić information content (AvgIpc) is 3.32. The van der Waals surface area contributed by atoms with Crippen LogP contribution in [0, 0.1) is 5.82 Å². The Hall–Kier alpha value is -2.20. The Morgan fingerprint density at radius 3 is 2.62 bits per heavy atom. The van der Waals surface area contributed by atoms with Gasteiger partial charge in [0.25, 0.3) is 5.91 Å². The Morgan fingerprint density at radius 1 is 1.17 bits per heavy atom. The number of sulfonamides is 1. The van der Waals surface area contributed by atoms with Gasteiger partial charge in [-0.2, -0.15) is 4.31 Å². The van der Waals surface area contributed by atoms with Gasteiger partial charge in [-0.05, 0) is 49.2 Å². The van der Waals surface area contributed by atoms with E-state index in [0.29, 0.717) is 23.2 Å². The summed E-state index contributed by atoms with van der Waals surface area (Å²) in [5, 5.41) is 13.3. The zero-order chi connectivity index (χ0) is 20.8. The van der Waals surface area contributed by atoms with E-state index in [0.717, 1.165) is 24.2 Å². The molecule has 0 atom stereocenters. The molecule has 1 aliphatic rings. The number of hydrogen-bond donors (Lipinski definition) is 2. The molecule has 6 nitrogen and oxygen atoms in total. The molecule has 0 aliphatic carbocycles. The van der Waals surface area contributed by atoms with E-state index in [1.54, 1.807) is 0 Å². The lowest BCUT2D eigenvalue weighted by Gasteiger charge is -2.16. The molecular weight excluding hydrogens is 439 g/mol. The van der Waals surface area contributed by atoms with Gasteiger partial charge >= 0.3 is 0 Å². The van der Waals surface area contributed by atoms with Gasteiger partial charge in [-0.25, -0.2) is 12.8 Å². The van der Waals surface area contributed by atoms with Gasteiger partial charge in [-0.15, -0.1) is 11.3 Å². The van der Waals surface area contributed by atoms with Gasteiger partial charge in [-0.3, -0.25) is 4.79 Å². The number of nitrogens with zero attached hydrogens (tertiary/aromatic N) is 1. The maximum atomic E-state index is 13.4. The maximum Gasteiger partial charge on any atom is 0.267 e. The fourth-order valence-electron chi connectivity index (χ4n) is 3.22. The summed E-state index contributed by atoms with van der Waals surface area (Å²) >= 11 is 7.27. The zero-order valence-corrected chi connectivity index (χ0v) is 17.4. The number of halogens is 2. The third-order valence-corrected chi connectivity index (χ3v) is 8.27. The highest BCUT2D eigenvalue weighted by Crippen LogP contribution is 2.37. The van der Waals surface area contributed by atoms with E-state index in [4.69, 9.17) is 11.6 Å². The summed E-state index contributed by atoms with van der Waals surface area (Å²) in [7, 11) is -3.71. The Bertz CT molecular complexity index is 1220. The van der Waals surface area contributed by atoms with E-state index in [-0.39, 0.29) is 26.2 Å². The van der Waals surface area contributed by atoms with Crippen molar-refractivity contribution in [2.75, 3.05) is 18.4 Å². The van der Waals surface area contributed by atoms with E-state index in [2.05, 4.69) is 5.32 Å². The Balaban J connectivity index is 1.66. The van der Waals surface area contributed by atoms with Crippen LogP contribution in [0.2, 0.25) is 5.02 Å². The molecule has 1 saturated heterocycles. The Morgan fingerprint density at radius 2 is 1.90 bits per heavy atom. The number of carbonyl (C=O) groups excluding carboxylic acids is 1. The summed E-state index contributed by atoms with van der Waals surface area (Å²) in [4.78, 5) is 12.8. The topological polar surface area (TPSA) is 86.7 Å². The molecule has 0 bridgehead atoms. The minimum Gasteiger partial charge on any atom is -0.506 e. The van der Waals surface area contributed by atoms with Crippen molar-refractivity contribution in [2.24, 2.45) is 0 Å². The highest BCUT2D eigenvalue weighted by Gasteiger charge is 2.28. The molecule has 2 heterocycles. The molecule has 0 radical (unpaired) electrons. The van der Waals surface area contributed by atoms with Crippen LogP contribution in [0.15, 0.2) is 41.3 Å². The summed E-state index contributed by atoms with van der Waals surface area (Å²) < 4.78 is 40.8. The van der Waals surface area contributed by atoms with Crippen molar-refractivity contribution in [3.05, 3.63) is 52.1 Å². The van der Waals surface area contributed by atoms with Crippen LogP contribution in [-0.2, 0) is 10.0 Å². The van der Waals surface area contributed by atoms with Crippen molar-refractivity contribution in [2.45, 2.75) is 17.7 Å². The summed E-state index contributed by atoms with van der Waals surface area (Å²) in [5.74, 6) is -1.34. The quantitative estimate of drug-likeness (QED) is 0.571. The molecule has 0 unspecified atom stereocenters. The molecule has 3 aromatic rings. The standard InChI is InChI=1S/C19H16ClFN2O4S2/c20-17-13-5-3-11(21)9-16(13)28-18(17)19(25)22-14-10-12(4-6-15(14)24)29(26,27)23-7-1-2-8-23/h3-6,9-10,24H,1-2,7-8H2,(H,22,25). The second kappa shape index (κ2) is 7.56. The first-order valence-electron chi connectivity index (χ1n) is 8.79. The average molecular weight is 455 g/mol. The molecule has 0 spiro atoms. The lowest BCUT2D eigenvalue weighted by atomic mass is 10.2. The molecule has 1 aliphatic heterocycles. The van der Waals surface area contributed by atoms with Crippen molar-refractivity contribution in [3.8, 4) is 5.75 Å². The van der Waals surface area contributed by atoms with Crippen LogP contribution in [0.3, 0.4) is 0 Å².